The first kappa shape index (κ1) is 21.8. The molecule has 3 aromatic rings. The molecule has 0 saturated carbocycles. The van der Waals surface area contributed by atoms with Crippen LogP contribution in [0.15, 0.2) is 42.7 Å². The highest BCUT2D eigenvalue weighted by Crippen LogP contribution is 2.36. The fourth-order valence-electron chi connectivity index (χ4n) is 4.14. The van der Waals surface area contributed by atoms with E-state index < -0.39 is 10.0 Å². The molecular formula is C23H30N4O3S. The molecule has 1 fully saturated rings. The smallest absolute Gasteiger partial charge is 0.209 e. The van der Waals surface area contributed by atoms with Gasteiger partial charge in [-0.3, -0.25) is 0 Å². The maximum atomic E-state index is 11.5. The molecule has 31 heavy (non-hydrogen) atoms. The predicted octanol–water partition coefficient (Wildman–Crippen LogP) is 3.61. The van der Waals surface area contributed by atoms with Gasteiger partial charge in [-0.15, -0.1) is 0 Å². The van der Waals surface area contributed by atoms with Crippen molar-refractivity contribution >= 4 is 21.1 Å². The van der Waals surface area contributed by atoms with Crippen LogP contribution >= 0.6 is 0 Å². The molecule has 4 rings (SSSR count). The number of hydrogen-bond donors (Lipinski definition) is 3. The number of fused-ring (bicyclic) bond motifs is 1. The summed E-state index contributed by atoms with van der Waals surface area (Å²) in [5, 5.41) is 4.38. The summed E-state index contributed by atoms with van der Waals surface area (Å²) in [6, 6.07) is 9.54. The molecule has 1 saturated heterocycles. The van der Waals surface area contributed by atoms with Gasteiger partial charge in [0.05, 0.1) is 18.2 Å². The van der Waals surface area contributed by atoms with Crippen molar-refractivity contribution in [1.82, 2.24) is 20.0 Å². The first-order valence-electron chi connectivity index (χ1n) is 10.6. The molecule has 0 spiro atoms. The summed E-state index contributed by atoms with van der Waals surface area (Å²) in [6.45, 7) is 6.85. The number of nitrogens with zero attached hydrogens (tertiary/aromatic N) is 1. The van der Waals surface area contributed by atoms with Gasteiger partial charge in [-0.1, -0.05) is 31.2 Å². The summed E-state index contributed by atoms with van der Waals surface area (Å²) in [4.78, 5) is 7.71. The Bertz CT molecular complexity index is 1150. The molecule has 0 radical (unpaired) electrons. The molecule has 166 valence electrons. The number of piperidine rings is 1. The number of benzene rings is 1. The first-order chi connectivity index (χ1) is 14.7. The van der Waals surface area contributed by atoms with Crippen molar-refractivity contribution in [3.8, 4) is 16.9 Å². The van der Waals surface area contributed by atoms with E-state index in [1.807, 2.05) is 43.5 Å². The maximum Gasteiger partial charge on any atom is 0.209 e. The molecular weight excluding hydrogens is 412 g/mol. The zero-order valence-corrected chi connectivity index (χ0v) is 19.1. The third-order valence-corrected chi connectivity index (χ3v) is 6.82. The first-order valence-corrected chi connectivity index (χ1v) is 12.5. The van der Waals surface area contributed by atoms with Crippen LogP contribution in [0.1, 0.15) is 38.3 Å². The highest BCUT2D eigenvalue weighted by Gasteiger charge is 2.28. The third kappa shape index (κ3) is 5.08. The van der Waals surface area contributed by atoms with Crippen LogP contribution in [0.4, 0.5) is 0 Å². The lowest BCUT2D eigenvalue weighted by Gasteiger charge is -2.33. The monoisotopic (exact) mass is 442 g/mol. The molecule has 1 aliphatic heterocycles. The van der Waals surface area contributed by atoms with E-state index in [-0.39, 0.29) is 11.5 Å². The number of H-pyrrole nitrogens is 1. The van der Waals surface area contributed by atoms with E-state index >= 15 is 0 Å². The van der Waals surface area contributed by atoms with Gasteiger partial charge < -0.3 is 15.0 Å². The molecule has 2 aromatic heterocycles. The largest absolute Gasteiger partial charge is 0.492 e. The minimum absolute atomic E-state index is 0.168. The molecule has 7 nitrogen and oxygen atoms in total. The predicted molar refractivity (Wildman–Crippen MR) is 124 cm³/mol. The van der Waals surface area contributed by atoms with E-state index in [1.54, 1.807) is 6.20 Å². The Balaban J connectivity index is 1.60. The zero-order valence-electron chi connectivity index (χ0n) is 18.2. The van der Waals surface area contributed by atoms with Crippen LogP contribution in [0.25, 0.3) is 22.2 Å². The van der Waals surface area contributed by atoms with Crippen LogP contribution in [-0.2, 0) is 10.0 Å². The molecule has 3 N–H and O–H groups in total. The van der Waals surface area contributed by atoms with E-state index in [0.29, 0.717) is 6.61 Å². The lowest BCUT2D eigenvalue weighted by Crippen LogP contribution is -2.38. The van der Waals surface area contributed by atoms with Crippen LogP contribution < -0.4 is 14.8 Å². The van der Waals surface area contributed by atoms with E-state index in [9.17, 15) is 8.42 Å². The molecule has 0 bridgehead atoms. The van der Waals surface area contributed by atoms with E-state index in [4.69, 9.17) is 4.74 Å². The number of rotatable bonds is 7. The topological polar surface area (TPSA) is 96.1 Å². The number of hydrogen-bond acceptors (Lipinski definition) is 5. The minimum atomic E-state index is -3.26. The normalized spacial score (nSPS) is 17.5. The van der Waals surface area contributed by atoms with Crippen molar-refractivity contribution < 1.29 is 13.2 Å². The highest BCUT2D eigenvalue weighted by atomic mass is 32.2. The van der Waals surface area contributed by atoms with Crippen LogP contribution in [0.3, 0.4) is 0 Å². The Hall–Kier alpha value is -2.42. The van der Waals surface area contributed by atoms with Crippen molar-refractivity contribution in [1.29, 1.82) is 0 Å². The number of ether oxygens (including phenoxy) is 1. The van der Waals surface area contributed by atoms with Gasteiger partial charge in [0.2, 0.25) is 10.0 Å². The molecule has 3 heterocycles. The van der Waals surface area contributed by atoms with E-state index in [0.717, 1.165) is 59.4 Å². The summed E-state index contributed by atoms with van der Waals surface area (Å²) in [5.74, 6) is 0.831. The van der Waals surface area contributed by atoms with Gasteiger partial charge in [0.25, 0.3) is 0 Å². The highest BCUT2D eigenvalue weighted by molar-refractivity contribution is 7.88. The fourth-order valence-corrected chi connectivity index (χ4v) is 4.92. The SMILES string of the molecule is CC(NS(C)(=O)=O)c1ccc(-c2c[nH]c3nccc(OCC4(C)CCNCC4)c23)cc1. The second kappa shape index (κ2) is 8.61. The van der Waals surface area contributed by atoms with Gasteiger partial charge in [0.15, 0.2) is 0 Å². The number of sulfonamides is 1. The Kier molecular flexibility index (Phi) is 6.05. The summed E-state index contributed by atoms with van der Waals surface area (Å²) in [7, 11) is -3.26. The van der Waals surface area contributed by atoms with Crippen molar-refractivity contribution in [3.63, 3.8) is 0 Å². The Morgan fingerprint density at radius 3 is 2.58 bits per heavy atom. The lowest BCUT2D eigenvalue weighted by molar-refractivity contribution is 0.124. The average Bonchev–Trinajstić information content (AvgIpc) is 3.16. The number of aromatic amines is 1. The number of pyridine rings is 1. The van der Waals surface area contributed by atoms with Gasteiger partial charge >= 0.3 is 0 Å². The third-order valence-electron chi connectivity index (χ3n) is 6.03. The Morgan fingerprint density at radius 2 is 1.90 bits per heavy atom. The van der Waals surface area contributed by atoms with E-state index in [2.05, 4.69) is 26.9 Å². The molecule has 1 atom stereocenters. The standard InChI is InChI=1S/C23H30N4O3S/c1-16(27-31(3,28)29)17-4-6-18(7-5-17)19-14-26-22-21(19)20(8-11-25-22)30-15-23(2)9-12-24-13-10-23/h4-8,11,14,16,24,27H,9-10,12-13,15H2,1-3H3,(H,25,26). The van der Waals surface area contributed by atoms with Crippen molar-refractivity contribution in [2.45, 2.75) is 32.7 Å². The zero-order chi connectivity index (χ0) is 22.1. The second-order valence-corrected chi connectivity index (χ2v) is 10.6. The Labute approximate surface area is 183 Å². The number of nitrogens with one attached hydrogen (secondary N) is 3. The van der Waals surface area contributed by atoms with Crippen LogP contribution in [-0.4, -0.2) is 44.3 Å². The molecule has 1 aliphatic rings. The average molecular weight is 443 g/mol. The van der Waals surface area contributed by atoms with Crippen molar-refractivity contribution in [2.75, 3.05) is 26.0 Å². The van der Waals surface area contributed by atoms with E-state index in [1.165, 1.54) is 6.26 Å². The molecule has 1 aromatic carbocycles. The van der Waals surface area contributed by atoms with Gasteiger partial charge in [-0.05, 0) is 50.0 Å². The second-order valence-electron chi connectivity index (χ2n) is 8.82. The van der Waals surface area contributed by atoms with Crippen molar-refractivity contribution in [2.24, 2.45) is 5.41 Å². The Morgan fingerprint density at radius 1 is 1.19 bits per heavy atom. The quantitative estimate of drug-likeness (QED) is 0.519. The fraction of sp³-hybridized carbons (Fsp3) is 0.435. The van der Waals surface area contributed by atoms with Crippen LogP contribution in [0.5, 0.6) is 5.75 Å². The molecule has 0 aliphatic carbocycles. The van der Waals surface area contributed by atoms with Crippen LogP contribution in [0, 0.1) is 5.41 Å². The van der Waals surface area contributed by atoms with Gasteiger partial charge in [0.1, 0.15) is 11.4 Å². The summed E-state index contributed by atoms with van der Waals surface area (Å²) in [5.41, 5.74) is 3.90. The molecule has 0 amide bonds. The van der Waals surface area contributed by atoms with Crippen LogP contribution in [0.2, 0.25) is 0 Å². The maximum absolute atomic E-state index is 11.5. The summed E-state index contributed by atoms with van der Waals surface area (Å²) >= 11 is 0. The van der Waals surface area contributed by atoms with Gasteiger partial charge in [0, 0.05) is 29.4 Å². The van der Waals surface area contributed by atoms with Gasteiger partial charge in [-0.2, -0.15) is 0 Å². The van der Waals surface area contributed by atoms with Crippen molar-refractivity contribution in [3.05, 3.63) is 48.3 Å². The number of aromatic nitrogens is 2. The lowest BCUT2D eigenvalue weighted by atomic mass is 9.82. The molecule has 1 unspecified atom stereocenters. The summed E-state index contributed by atoms with van der Waals surface area (Å²) < 4.78 is 32.0. The minimum Gasteiger partial charge on any atom is -0.492 e. The summed E-state index contributed by atoms with van der Waals surface area (Å²) in [6.07, 6.45) is 7.08. The molecule has 8 heteroatoms. The van der Waals surface area contributed by atoms with Gasteiger partial charge in [-0.25, -0.2) is 18.1 Å².